The number of fused-ring (bicyclic) bond motifs is 1. The van der Waals surface area contributed by atoms with Crippen LogP contribution in [0.25, 0.3) is 10.9 Å². The highest BCUT2D eigenvalue weighted by atomic mass is 35.5. The van der Waals surface area contributed by atoms with Gasteiger partial charge in [-0.1, -0.05) is 47.5 Å². The van der Waals surface area contributed by atoms with Crippen LogP contribution in [0.5, 0.6) is 0 Å². The van der Waals surface area contributed by atoms with E-state index in [0.717, 1.165) is 16.5 Å². The molecule has 0 saturated carbocycles. The molecule has 0 spiro atoms. The monoisotopic (exact) mass is 398 g/mol. The molecule has 0 aliphatic carbocycles. The minimum atomic E-state index is -0.212. The van der Waals surface area contributed by atoms with Crippen LogP contribution in [-0.2, 0) is 0 Å². The van der Waals surface area contributed by atoms with Crippen LogP contribution in [0.1, 0.15) is 16.1 Å². The van der Waals surface area contributed by atoms with Gasteiger partial charge in [0.1, 0.15) is 5.69 Å². The minimum Gasteiger partial charge on any atom is -0.323 e. The number of hydrogen-bond acceptors (Lipinski definition) is 4. The molecule has 2 aromatic carbocycles. The first-order valence-corrected chi connectivity index (χ1v) is 9.24. The number of hydrogen-bond donors (Lipinski definition) is 1. The smallest absolute Gasteiger partial charge is 0.279 e. The van der Waals surface area contributed by atoms with Crippen LogP contribution in [0.4, 0.5) is 5.69 Å². The van der Waals surface area contributed by atoms with Crippen LogP contribution >= 0.6 is 23.2 Å². The zero-order valence-corrected chi connectivity index (χ0v) is 16.1. The molecule has 4 rings (SSSR count). The van der Waals surface area contributed by atoms with Crippen molar-refractivity contribution in [3.63, 3.8) is 0 Å². The van der Waals surface area contributed by atoms with Crippen molar-refractivity contribution in [2.45, 2.75) is 6.92 Å². The van der Waals surface area contributed by atoms with Gasteiger partial charge in [0.05, 0.1) is 27.8 Å². The number of rotatable bonds is 2. The van der Waals surface area contributed by atoms with Gasteiger partial charge in [0.2, 0.25) is 5.96 Å². The highest BCUT2D eigenvalue weighted by molar-refractivity contribution is 6.40. The standard InChI is InChI=1S/C20H16Cl2N4O/c1-12-11-17(24-16-8-3-2-5-13(12)16)19(27)26-10-9-23-20(26)25-18-14(21)6-4-7-15(18)22/h2-8,11H,9-10H2,1H3,(H,23,25). The Hall–Kier alpha value is -2.63. The fraction of sp³-hybridized carbons (Fsp3) is 0.150. The fourth-order valence-electron chi connectivity index (χ4n) is 3.08. The molecule has 5 nitrogen and oxygen atoms in total. The van der Waals surface area contributed by atoms with Crippen molar-refractivity contribution in [1.82, 2.24) is 9.88 Å². The fourth-order valence-corrected chi connectivity index (χ4v) is 3.57. The molecule has 27 heavy (non-hydrogen) atoms. The maximum absolute atomic E-state index is 13.1. The van der Waals surface area contributed by atoms with E-state index >= 15 is 0 Å². The Balaban J connectivity index is 1.65. The van der Waals surface area contributed by atoms with E-state index in [-0.39, 0.29) is 5.91 Å². The van der Waals surface area contributed by atoms with E-state index in [4.69, 9.17) is 23.2 Å². The summed E-state index contributed by atoms with van der Waals surface area (Å²) in [6.07, 6.45) is 0. The molecule has 0 atom stereocenters. The number of nitrogens with one attached hydrogen (secondary N) is 1. The highest BCUT2D eigenvalue weighted by Gasteiger charge is 2.27. The van der Waals surface area contributed by atoms with Gasteiger partial charge in [0, 0.05) is 11.9 Å². The van der Waals surface area contributed by atoms with Crippen molar-refractivity contribution in [3.8, 4) is 0 Å². The average Bonchev–Trinajstić information content (AvgIpc) is 3.12. The number of aromatic nitrogens is 1. The van der Waals surface area contributed by atoms with E-state index < -0.39 is 0 Å². The van der Waals surface area contributed by atoms with Gasteiger partial charge in [-0.05, 0) is 36.8 Å². The largest absolute Gasteiger partial charge is 0.323 e. The molecule has 1 aromatic heterocycles. The second-order valence-electron chi connectivity index (χ2n) is 6.23. The molecule has 1 N–H and O–H groups in total. The first-order chi connectivity index (χ1) is 13.0. The second kappa shape index (κ2) is 7.18. The van der Waals surface area contributed by atoms with E-state index in [1.165, 1.54) is 0 Å². The predicted octanol–water partition coefficient (Wildman–Crippen LogP) is 4.77. The molecule has 136 valence electrons. The number of aryl methyl sites for hydroxylation is 1. The minimum absolute atomic E-state index is 0.212. The Morgan fingerprint density at radius 2 is 1.85 bits per heavy atom. The summed E-state index contributed by atoms with van der Waals surface area (Å²) in [5.41, 5.74) is 2.71. The van der Waals surface area contributed by atoms with Gasteiger partial charge >= 0.3 is 0 Å². The molecular formula is C20H16Cl2N4O. The number of halogens is 2. The molecule has 0 radical (unpaired) electrons. The first-order valence-electron chi connectivity index (χ1n) is 8.48. The van der Waals surface area contributed by atoms with Gasteiger partial charge in [-0.2, -0.15) is 0 Å². The predicted molar refractivity (Wildman–Crippen MR) is 110 cm³/mol. The lowest BCUT2D eigenvalue weighted by Gasteiger charge is -2.20. The van der Waals surface area contributed by atoms with Gasteiger partial charge in [0.25, 0.3) is 5.91 Å². The molecule has 0 unspecified atom stereocenters. The number of pyridine rings is 1. The van der Waals surface area contributed by atoms with E-state index in [2.05, 4.69) is 15.3 Å². The summed E-state index contributed by atoms with van der Waals surface area (Å²) in [6.45, 7) is 2.95. The van der Waals surface area contributed by atoms with Crippen LogP contribution in [0.3, 0.4) is 0 Å². The van der Waals surface area contributed by atoms with Crippen molar-refractivity contribution in [1.29, 1.82) is 0 Å². The van der Waals surface area contributed by atoms with Crippen LogP contribution in [0.15, 0.2) is 53.5 Å². The number of anilines is 1. The van der Waals surface area contributed by atoms with E-state index in [0.29, 0.717) is 40.5 Å². The summed E-state index contributed by atoms with van der Waals surface area (Å²) in [6, 6.07) is 14.8. The number of carbonyl (C=O) groups is 1. The summed E-state index contributed by atoms with van der Waals surface area (Å²) < 4.78 is 0. The molecule has 0 bridgehead atoms. The Morgan fingerprint density at radius 1 is 1.11 bits per heavy atom. The van der Waals surface area contributed by atoms with Crippen LogP contribution in [-0.4, -0.2) is 34.8 Å². The molecule has 1 aliphatic heterocycles. The molecule has 2 heterocycles. The molecule has 1 amide bonds. The molecule has 3 aromatic rings. The summed E-state index contributed by atoms with van der Waals surface area (Å²) in [5, 5.41) is 5.05. The first kappa shape index (κ1) is 17.8. The van der Waals surface area contributed by atoms with Crippen molar-refractivity contribution < 1.29 is 4.79 Å². The SMILES string of the molecule is Cc1cc(C(=O)N2CCN=C2Nc2c(Cl)cccc2Cl)nc2ccccc12. The van der Waals surface area contributed by atoms with E-state index in [1.54, 1.807) is 23.1 Å². The molecule has 0 saturated heterocycles. The molecule has 0 fully saturated rings. The number of aliphatic imine (C=N–C) groups is 1. The normalized spacial score (nSPS) is 13.7. The summed E-state index contributed by atoms with van der Waals surface area (Å²) in [7, 11) is 0. The Kier molecular flexibility index (Phi) is 4.72. The Morgan fingerprint density at radius 3 is 2.63 bits per heavy atom. The van der Waals surface area contributed by atoms with Crippen molar-refractivity contribution in [2.75, 3.05) is 18.4 Å². The zero-order chi connectivity index (χ0) is 19.0. The lowest BCUT2D eigenvalue weighted by molar-refractivity contribution is 0.0852. The van der Waals surface area contributed by atoms with Crippen LogP contribution < -0.4 is 5.32 Å². The van der Waals surface area contributed by atoms with E-state index in [9.17, 15) is 4.79 Å². The third-order valence-corrected chi connectivity index (χ3v) is 5.06. The number of benzene rings is 2. The second-order valence-corrected chi connectivity index (χ2v) is 7.04. The average molecular weight is 399 g/mol. The van der Waals surface area contributed by atoms with Gasteiger partial charge in [0.15, 0.2) is 0 Å². The maximum atomic E-state index is 13.1. The summed E-state index contributed by atoms with van der Waals surface area (Å²) >= 11 is 12.4. The van der Waals surface area contributed by atoms with Gasteiger partial charge in [-0.3, -0.25) is 14.7 Å². The van der Waals surface area contributed by atoms with Crippen LogP contribution in [0.2, 0.25) is 10.0 Å². The van der Waals surface area contributed by atoms with Crippen molar-refractivity contribution in [2.24, 2.45) is 4.99 Å². The number of amides is 1. The van der Waals surface area contributed by atoms with Gasteiger partial charge < -0.3 is 5.32 Å². The lowest BCUT2D eigenvalue weighted by Crippen LogP contribution is -2.39. The third-order valence-electron chi connectivity index (χ3n) is 4.43. The topological polar surface area (TPSA) is 57.6 Å². The molecule has 1 aliphatic rings. The van der Waals surface area contributed by atoms with Gasteiger partial charge in [-0.25, -0.2) is 4.98 Å². The maximum Gasteiger partial charge on any atom is 0.279 e. The molecule has 7 heteroatoms. The summed E-state index contributed by atoms with van der Waals surface area (Å²) in [5.74, 6) is 0.207. The van der Waals surface area contributed by atoms with E-state index in [1.807, 2.05) is 37.3 Å². The summed E-state index contributed by atoms with van der Waals surface area (Å²) in [4.78, 5) is 23.6. The number of carbonyl (C=O) groups excluding carboxylic acids is 1. The van der Waals surface area contributed by atoms with Crippen molar-refractivity contribution in [3.05, 3.63) is 69.8 Å². The number of nitrogens with zero attached hydrogens (tertiary/aromatic N) is 3. The van der Waals surface area contributed by atoms with Gasteiger partial charge in [-0.15, -0.1) is 0 Å². The van der Waals surface area contributed by atoms with Crippen molar-refractivity contribution >= 4 is 51.7 Å². The third kappa shape index (κ3) is 3.36. The number of para-hydroxylation sites is 2. The zero-order valence-electron chi connectivity index (χ0n) is 14.5. The highest BCUT2D eigenvalue weighted by Crippen LogP contribution is 2.30. The van der Waals surface area contributed by atoms with Crippen LogP contribution in [0, 0.1) is 6.92 Å². The Labute approximate surface area is 166 Å². The number of guanidine groups is 1. The lowest BCUT2D eigenvalue weighted by atomic mass is 10.1. The quantitative estimate of drug-likeness (QED) is 0.675. The Bertz CT molecular complexity index is 1060. The molecular weight excluding hydrogens is 383 g/mol.